The normalized spacial score (nSPS) is 16.1. The highest BCUT2D eigenvalue weighted by atomic mass is 32.2. The molecule has 0 aliphatic rings. The van der Waals surface area contributed by atoms with Crippen LogP contribution in [0.3, 0.4) is 0 Å². The lowest BCUT2D eigenvalue weighted by atomic mass is 10.0. The van der Waals surface area contributed by atoms with E-state index in [0.717, 1.165) is 0 Å². The van der Waals surface area contributed by atoms with E-state index in [1.165, 1.54) is 18.7 Å². The van der Waals surface area contributed by atoms with Crippen molar-refractivity contribution in [2.24, 2.45) is 11.7 Å². The molecule has 0 fully saturated rings. The second kappa shape index (κ2) is 14.5. The van der Waals surface area contributed by atoms with Gasteiger partial charge in [0.05, 0.1) is 12.1 Å². The van der Waals surface area contributed by atoms with Crippen molar-refractivity contribution in [3.63, 3.8) is 0 Å². The molecule has 0 aliphatic heterocycles. The van der Waals surface area contributed by atoms with Gasteiger partial charge in [0.1, 0.15) is 18.1 Å². The minimum atomic E-state index is -1.41. The number of aliphatic hydroxyl groups is 1. The first kappa shape index (κ1) is 28.5. The van der Waals surface area contributed by atoms with Crippen LogP contribution in [-0.2, 0) is 19.2 Å². The molecule has 12 heteroatoms. The molecule has 0 heterocycles. The van der Waals surface area contributed by atoms with E-state index in [4.69, 9.17) is 10.8 Å². The van der Waals surface area contributed by atoms with Crippen molar-refractivity contribution in [1.29, 1.82) is 0 Å². The van der Waals surface area contributed by atoms with Gasteiger partial charge in [-0.2, -0.15) is 24.4 Å². The van der Waals surface area contributed by atoms with E-state index in [9.17, 15) is 24.3 Å². The Balaban J connectivity index is 5.28. The number of aliphatic carboxylic acids is 1. The highest BCUT2D eigenvalue weighted by Gasteiger charge is 2.32. The summed E-state index contributed by atoms with van der Waals surface area (Å²) >= 11 is 5.34. The Bertz CT molecular complexity index is 591. The predicted molar refractivity (Wildman–Crippen MR) is 119 cm³/mol. The molecule has 0 radical (unpaired) electrons. The number of carboxylic acid groups (broad SMARTS) is 1. The molecule has 0 aromatic heterocycles. The number of carboxylic acids is 1. The topological polar surface area (TPSA) is 171 Å². The number of nitrogens with two attached hydrogens (primary N) is 1. The maximum Gasteiger partial charge on any atom is 0.327 e. The number of hydrogen-bond acceptors (Lipinski definition) is 8. The van der Waals surface area contributed by atoms with Crippen molar-refractivity contribution < 1.29 is 29.4 Å². The Labute approximate surface area is 186 Å². The third-order valence-corrected chi connectivity index (χ3v) is 5.17. The van der Waals surface area contributed by atoms with Crippen molar-refractivity contribution >= 4 is 48.1 Å². The minimum Gasteiger partial charge on any atom is -0.480 e. The number of thiol groups is 1. The minimum absolute atomic E-state index is 0.165. The maximum absolute atomic E-state index is 12.7. The summed E-state index contributed by atoms with van der Waals surface area (Å²) in [6, 6.07) is -4.42. The number of nitrogens with one attached hydrogen (secondary N) is 3. The van der Waals surface area contributed by atoms with Crippen molar-refractivity contribution in [2.75, 3.05) is 17.8 Å². The van der Waals surface area contributed by atoms with Gasteiger partial charge in [0.15, 0.2) is 0 Å². The number of thioether (sulfide) groups is 1. The van der Waals surface area contributed by atoms with Crippen LogP contribution in [0, 0.1) is 5.92 Å². The lowest BCUT2D eigenvalue weighted by molar-refractivity contribution is -0.142. The van der Waals surface area contributed by atoms with Crippen molar-refractivity contribution in [3.8, 4) is 0 Å². The smallest absolute Gasteiger partial charge is 0.327 e. The summed E-state index contributed by atoms with van der Waals surface area (Å²) in [7, 11) is 0. The monoisotopic (exact) mass is 466 g/mol. The Hall–Kier alpha value is -1.50. The fraction of sp³-hybridized carbons (Fsp3) is 0.778. The van der Waals surface area contributed by atoms with E-state index < -0.39 is 54.0 Å². The van der Waals surface area contributed by atoms with Gasteiger partial charge in [-0.25, -0.2) is 4.79 Å². The van der Waals surface area contributed by atoms with Crippen LogP contribution in [0.1, 0.15) is 33.6 Å². The molecule has 3 amide bonds. The van der Waals surface area contributed by atoms with E-state index in [-0.39, 0.29) is 18.1 Å². The van der Waals surface area contributed by atoms with Gasteiger partial charge >= 0.3 is 5.97 Å². The van der Waals surface area contributed by atoms with Crippen LogP contribution in [0.4, 0.5) is 0 Å². The van der Waals surface area contributed by atoms with Gasteiger partial charge in [-0.3, -0.25) is 14.4 Å². The standard InChI is InChI=1S/C18H34N4O6S2/c1-9(2)7-11(19)15(24)20-12(5-6-30-4)16(25)22-14(10(3)23)17(26)21-13(8-29)18(27)28/h9-14,23,29H,5-8,19H2,1-4H3,(H,20,24)(H,21,26)(H,22,25)(H,27,28). The van der Waals surface area contributed by atoms with Crippen LogP contribution < -0.4 is 21.7 Å². The Morgan fingerprint density at radius 2 is 1.57 bits per heavy atom. The molecule has 5 unspecified atom stereocenters. The fourth-order valence-corrected chi connectivity index (χ4v) is 3.22. The first-order valence-corrected chi connectivity index (χ1v) is 11.6. The lowest BCUT2D eigenvalue weighted by Gasteiger charge is -2.26. The summed E-state index contributed by atoms with van der Waals surface area (Å²) in [5.41, 5.74) is 5.88. The first-order chi connectivity index (χ1) is 13.9. The molecule has 174 valence electrons. The number of carbonyl (C=O) groups is 4. The van der Waals surface area contributed by atoms with Gasteiger partial charge in [0.25, 0.3) is 0 Å². The average molecular weight is 467 g/mol. The van der Waals surface area contributed by atoms with E-state index in [2.05, 4.69) is 28.6 Å². The molecule has 5 atom stereocenters. The number of amides is 3. The van der Waals surface area contributed by atoms with Crippen molar-refractivity contribution in [3.05, 3.63) is 0 Å². The second-order valence-electron chi connectivity index (χ2n) is 7.39. The average Bonchev–Trinajstić information content (AvgIpc) is 2.65. The summed E-state index contributed by atoms with van der Waals surface area (Å²) in [5.74, 6) is -2.73. The fourth-order valence-electron chi connectivity index (χ4n) is 2.50. The quantitative estimate of drug-likeness (QED) is 0.159. The number of aliphatic hydroxyl groups excluding tert-OH is 1. The van der Waals surface area contributed by atoms with Crippen LogP contribution in [0.25, 0.3) is 0 Å². The lowest BCUT2D eigenvalue weighted by Crippen LogP contribution is -2.60. The highest BCUT2D eigenvalue weighted by Crippen LogP contribution is 2.06. The zero-order chi connectivity index (χ0) is 23.4. The largest absolute Gasteiger partial charge is 0.480 e. The molecule has 0 saturated carbocycles. The number of rotatable bonds is 14. The molecule has 0 spiro atoms. The van der Waals surface area contributed by atoms with Gasteiger partial charge in [-0.15, -0.1) is 0 Å². The Morgan fingerprint density at radius 1 is 1.00 bits per heavy atom. The second-order valence-corrected chi connectivity index (χ2v) is 8.74. The van der Waals surface area contributed by atoms with E-state index in [1.807, 2.05) is 20.1 Å². The van der Waals surface area contributed by atoms with E-state index >= 15 is 0 Å². The molecule has 0 aliphatic carbocycles. The first-order valence-electron chi connectivity index (χ1n) is 9.61. The van der Waals surface area contributed by atoms with Gasteiger partial charge in [0.2, 0.25) is 17.7 Å². The van der Waals surface area contributed by atoms with Crippen LogP contribution in [0.5, 0.6) is 0 Å². The molecule has 0 bridgehead atoms. The molecular formula is C18H34N4O6S2. The van der Waals surface area contributed by atoms with Crippen LogP contribution in [-0.4, -0.2) is 81.9 Å². The summed E-state index contributed by atoms with van der Waals surface area (Å²) in [6.45, 7) is 5.13. The summed E-state index contributed by atoms with van der Waals surface area (Å²) in [5, 5.41) is 26.2. The van der Waals surface area contributed by atoms with Crippen LogP contribution >= 0.6 is 24.4 Å². The molecule has 10 nitrogen and oxygen atoms in total. The van der Waals surface area contributed by atoms with Gasteiger partial charge in [-0.1, -0.05) is 13.8 Å². The molecule has 0 rings (SSSR count). The Kier molecular flexibility index (Phi) is 13.8. The molecule has 0 aromatic rings. The highest BCUT2D eigenvalue weighted by molar-refractivity contribution is 7.98. The van der Waals surface area contributed by atoms with Gasteiger partial charge < -0.3 is 31.9 Å². The third kappa shape index (κ3) is 10.5. The number of hydrogen-bond donors (Lipinski definition) is 7. The number of carbonyl (C=O) groups excluding carboxylic acids is 3. The van der Waals surface area contributed by atoms with Gasteiger partial charge in [-0.05, 0) is 37.7 Å². The van der Waals surface area contributed by atoms with Crippen molar-refractivity contribution in [2.45, 2.75) is 63.9 Å². The zero-order valence-corrected chi connectivity index (χ0v) is 19.5. The van der Waals surface area contributed by atoms with Crippen LogP contribution in [0.15, 0.2) is 0 Å². The predicted octanol–water partition coefficient (Wildman–Crippen LogP) is -1.04. The van der Waals surface area contributed by atoms with E-state index in [1.54, 1.807) is 0 Å². The molecule has 7 N–H and O–H groups in total. The molecule has 0 saturated heterocycles. The van der Waals surface area contributed by atoms with Gasteiger partial charge in [0, 0.05) is 5.75 Å². The SMILES string of the molecule is CSCCC(NC(=O)C(N)CC(C)C)C(=O)NC(C(=O)NC(CS)C(=O)O)C(C)O. The molecular weight excluding hydrogens is 432 g/mol. The van der Waals surface area contributed by atoms with Crippen LogP contribution in [0.2, 0.25) is 0 Å². The molecule has 0 aromatic carbocycles. The summed E-state index contributed by atoms with van der Waals surface area (Å²) in [4.78, 5) is 48.6. The summed E-state index contributed by atoms with van der Waals surface area (Å²) < 4.78 is 0. The zero-order valence-electron chi connectivity index (χ0n) is 17.8. The Morgan fingerprint density at radius 3 is 2.00 bits per heavy atom. The van der Waals surface area contributed by atoms with E-state index in [0.29, 0.717) is 12.2 Å². The maximum atomic E-state index is 12.7. The third-order valence-electron chi connectivity index (χ3n) is 4.17. The summed E-state index contributed by atoms with van der Waals surface area (Å²) in [6.07, 6.45) is 1.28. The molecule has 30 heavy (non-hydrogen) atoms. The van der Waals surface area contributed by atoms with Crippen molar-refractivity contribution in [1.82, 2.24) is 16.0 Å².